The predicted molar refractivity (Wildman–Crippen MR) is 52.4 cm³/mol. The molecule has 2 aliphatic rings. The second-order valence-electron chi connectivity index (χ2n) is 4.63. The Morgan fingerprint density at radius 1 is 1.00 bits per heavy atom. The number of halogens is 1. The molecule has 0 aromatic rings. The summed E-state index contributed by atoms with van der Waals surface area (Å²) in [5.74, 6) is 1.45. The monoisotopic (exact) mass is 185 g/mol. The largest absolute Gasteiger partial charge is 0.316 e. The fourth-order valence-corrected chi connectivity index (χ4v) is 2.88. The molecule has 76 valence electrons. The van der Waals surface area contributed by atoms with E-state index in [2.05, 4.69) is 5.32 Å². The minimum absolute atomic E-state index is 0.499. The van der Waals surface area contributed by atoms with Crippen LogP contribution in [0.2, 0.25) is 0 Å². The molecule has 1 heterocycles. The molecule has 1 aliphatic carbocycles. The summed E-state index contributed by atoms with van der Waals surface area (Å²) in [5, 5.41) is 3.42. The highest BCUT2D eigenvalue weighted by molar-refractivity contribution is 4.81. The number of hydrogen-bond donors (Lipinski definition) is 1. The molecule has 0 aromatic heterocycles. The molecule has 0 amide bonds. The van der Waals surface area contributed by atoms with Crippen molar-refractivity contribution in [3.8, 4) is 0 Å². The van der Waals surface area contributed by atoms with Gasteiger partial charge in [0.05, 0.1) is 0 Å². The van der Waals surface area contributed by atoms with Crippen LogP contribution < -0.4 is 5.32 Å². The Labute approximate surface area is 80.1 Å². The summed E-state index contributed by atoms with van der Waals surface area (Å²) in [7, 11) is 0. The highest BCUT2D eigenvalue weighted by atomic mass is 19.1. The van der Waals surface area contributed by atoms with Crippen LogP contribution in [0, 0.1) is 11.8 Å². The lowest BCUT2D eigenvalue weighted by molar-refractivity contribution is 0.138. The van der Waals surface area contributed by atoms with E-state index in [4.69, 9.17) is 0 Å². The van der Waals surface area contributed by atoms with E-state index in [0.717, 1.165) is 31.7 Å². The van der Waals surface area contributed by atoms with Gasteiger partial charge in [0.2, 0.25) is 0 Å². The highest BCUT2D eigenvalue weighted by Gasteiger charge is 2.28. The Morgan fingerprint density at radius 2 is 1.85 bits per heavy atom. The standard InChI is InChI=1S/C11H20FN/c12-11-5-1-3-9(7-11)10-4-2-6-13-8-10/h9-11,13H,1-8H2. The van der Waals surface area contributed by atoms with Crippen LogP contribution in [-0.2, 0) is 0 Å². The van der Waals surface area contributed by atoms with Crippen molar-refractivity contribution >= 4 is 0 Å². The van der Waals surface area contributed by atoms with Gasteiger partial charge < -0.3 is 5.32 Å². The van der Waals surface area contributed by atoms with Crippen molar-refractivity contribution in [2.45, 2.75) is 44.7 Å². The van der Waals surface area contributed by atoms with Crippen LogP contribution in [0.3, 0.4) is 0 Å². The number of piperidine rings is 1. The van der Waals surface area contributed by atoms with Crippen LogP contribution in [0.5, 0.6) is 0 Å². The van der Waals surface area contributed by atoms with Gasteiger partial charge in [-0.05, 0) is 57.0 Å². The molecule has 1 aliphatic heterocycles. The lowest BCUT2D eigenvalue weighted by atomic mass is 9.76. The predicted octanol–water partition coefficient (Wildman–Crippen LogP) is 2.51. The maximum absolute atomic E-state index is 13.2. The average Bonchev–Trinajstić information content (AvgIpc) is 2.19. The normalized spacial score (nSPS) is 41.8. The molecule has 0 radical (unpaired) electrons. The van der Waals surface area contributed by atoms with Gasteiger partial charge in [-0.2, -0.15) is 0 Å². The van der Waals surface area contributed by atoms with E-state index in [1.165, 1.54) is 25.8 Å². The molecule has 13 heavy (non-hydrogen) atoms. The number of nitrogens with one attached hydrogen (secondary N) is 1. The van der Waals surface area contributed by atoms with E-state index in [0.29, 0.717) is 5.92 Å². The van der Waals surface area contributed by atoms with Gasteiger partial charge in [-0.15, -0.1) is 0 Å². The van der Waals surface area contributed by atoms with Crippen LogP contribution in [0.25, 0.3) is 0 Å². The summed E-state index contributed by atoms with van der Waals surface area (Å²) in [4.78, 5) is 0. The summed E-state index contributed by atoms with van der Waals surface area (Å²) in [5.41, 5.74) is 0. The van der Waals surface area contributed by atoms with Crippen molar-refractivity contribution in [3.05, 3.63) is 0 Å². The van der Waals surface area contributed by atoms with E-state index in [1.54, 1.807) is 0 Å². The van der Waals surface area contributed by atoms with Crippen molar-refractivity contribution in [1.29, 1.82) is 0 Å². The van der Waals surface area contributed by atoms with Crippen LogP contribution >= 0.6 is 0 Å². The molecule has 2 rings (SSSR count). The maximum atomic E-state index is 13.2. The van der Waals surface area contributed by atoms with Gasteiger partial charge in [-0.25, -0.2) is 4.39 Å². The van der Waals surface area contributed by atoms with Gasteiger partial charge in [0.15, 0.2) is 0 Å². The van der Waals surface area contributed by atoms with Crippen LogP contribution in [0.15, 0.2) is 0 Å². The summed E-state index contributed by atoms with van der Waals surface area (Å²) in [6, 6.07) is 0. The highest BCUT2D eigenvalue weighted by Crippen LogP contribution is 2.34. The number of hydrogen-bond acceptors (Lipinski definition) is 1. The quantitative estimate of drug-likeness (QED) is 0.662. The third-order valence-electron chi connectivity index (χ3n) is 3.65. The molecule has 1 nitrogen and oxygen atoms in total. The van der Waals surface area contributed by atoms with E-state index in [-0.39, 0.29) is 0 Å². The average molecular weight is 185 g/mol. The number of alkyl halides is 1. The zero-order valence-electron chi connectivity index (χ0n) is 8.27. The molecule has 1 saturated heterocycles. The van der Waals surface area contributed by atoms with Crippen LogP contribution in [0.4, 0.5) is 4.39 Å². The smallest absolute Gasteiger partial charge is 0.100 e. The molecule has 1 N–H and O–H groups in total. The Bertz CT molecular complexity index is 154. The van der Waals surface area contributed by atoms with Crippen molar-refractivity contribution in [3.63, 3.8) is 0 Å². The van der Waals surface area contributed by atoms with Gasteiger partial charge in [-0.3, -0.25) is 0 Å². The third kappa shape index (κ3) is 2.43. The Hall–Kier alpha value is -0.110. The van der Waals surface area contributed by atoms with Crippen LogP contribution in [0.1, 0.15) is 38.5 Å². The third-order valence-corrected chi connectivity index (χ3v) is 3.65. The Balaban J connectivity index is 1.83. The van der Waals surface area contributed by atoms with Crippen molar-refractivity contribution in [1.82, 2.24) is 5.32 Å². The summed E-state index contributed by atoms with van der Waals surface area (Å²) in [6.07, 6.45) is 6.15. The molecular weight excluding hydrogens is 165 g/mol. The number of rotatable bonds is 1. The Kier molecular flexibility index (Phi) is 3.20. The van der Waals surface area contributed by atoms with Gasteiger partial charge >= 0.3 is 0 Å². The zero-order valence-corrected chi connectivity index (χ0v) is 8.27. The summed E-state index contributed by atoms with van der Waals surface area (Å²) in [6.45, 7) is 2.31. The lowest BCUT2D eigenvalue weighted by Crippen LogP contribution is -2.36. The van der Waals surface area contributed by atoms with Crippen molar-refractivity contribution < 1.29 is 4.39 Å². The first-order chi connectivity index (χ1) is 6.36. The van der Waals surface area contributed by atoms with E-state index in [1.807, 2.05) is 0 Å². The molecule has 0 bridgehead atoms. The van der Waals surface area contributed by atoms with Gasteiger partial charge in [0.1, 0.15) is 6.17 Å². The minimum atomic E-state index is -0.499. The second-order valence-corrected chi connectivity index (χ2v) is 4.63. The zero-order chi connectivity index (χ0) is 9.10. The topological polar surface area (TPSA) is 12.0 Å². The molecule has 2 fully saturated rings. The van der Waals surface area contributed by atoms with E-state index in [9.17, 15) is 4.39 Å². The maximum Gasteiger partial charge on any atom is 0.100 e. The van der Waals surface area contributed by atoms with E-state index >= 15 is 0 Å². The Morgan fingerprint density at radius 3 is 2.54 bits per heavy atom. The first-order valence-corrected chi connectivity index (χ1v) is 5.71. The molecule has 3 unspecified atom stereocenters. The van der Waals surface area contributed by atoms with E-state index < -0.39 is 6.17 Å². The second kappa shape index (κ2) is 4.41. The molecule has 1 saturated carbocycles. The molecular formula is C11H20FN. The summed E-state index contributed by atoms with van der Waals surface area (Å²) < 4.78 is 13.2. The van der Waals surface area contributed by atoms with Gasteiger partial charge in [0.25, 0.3) is 0 Å². The van der Waals surface area contributed by atoms with Gasteiger partial charge in [0, 0.05) is 0 Å². The lowest BCUT2D eigenvalue weighted by Gasteiger charge is -2.34. The van der Waals surface area contributed by atoms with Crippen molar-refractivity contribution in [2.75, 3.05) is 13.1 Å². The molecule has 0 aromatic carbocycles. The van der Waals surface area contributed by atoms with Crippen molar-refractivity contribution in [2.24, 2.45) is 11.8 Å². The fraction of sp³-hybridized carbons (Fsp3) is 1.00. The van der Waals surface area contributed by atoms with Gasteiger partial charge in [-0.1, -0.05) is 6.42 Å². The molecule has 0 spiro atoms. The molecule has 3 atom stereocenters. The first-order valence-electron chi connectivity index (χ1n) is 5.71. The SMILES string of the molecule is FC1CCCC(C2CCCNC2)C1. The summed E-state index contributed by atoms with van der Waals surface area (Å²) >= 11 is 0. The van der Waals surface area contributed by atoms with Crippen LogP contribution in [-0.4, -0.2) is 19.3 Å². The first kappa shape index (κ1) is 9.45. The molecule has 2 heteroatoms. The fourth-order valence-electron chi connectivity index (χ4n) is 2.88. The minimum Gasteiger partial charge on any atom is -0.316 e.